The van der Waals surface area contributed by atoms with Gasteiger partial charge in [-0.25, -0.2) is 4.98 Å². The third kappa shape index (κ3) is 3.51. The molecule has 110 valence electrons. The lowest BCUT2D eigenvalue weighted by Crippen LogP contribution is -2.11. The van der Waals surface area contributed by atoms with E-state index in [1.54, 1.807) is 26.5 Å². The number of benzene rings is 1. The molecule has 0 aliphatic rings. The van der Waals surface area contributed by atoms with Crippen LogP contribution in [0.25, 0.3) is 0 Å². The van der Waals surface area contributed by atoms with Gasteiger partial charge < -0.3 is 14.2 Å². The van der Waals surface area contributed by atoms with E-state index in [0.29, 0.717) is 11.6 Å². The Bertz CT molecular complexity index is 610. The first-order valence-corrected chi connectivity index (χ1v) is 6.45. The molecule has 21 heavy (non-hydrogen) atoms. The number of carbonyl (C=O) groups is 1. The van der Waals surface area contributed by atoms with Crippen LogP contribution in [0, 0.1) is 0 Å². The Balaban J connectivity index is 2.44. The summed E-state index contributed by atoms with van der Waals surface area (Å²) in [5.41, 5.74) is 1.51. The topological polar surface area (TPSA) is 57.7 Å². The average Bonchev–Trinajstić information content (AvgIpc) is 2.52. The number of esters is 1. The molecule has 1 aromatic heterocycles. The third-order valence-electron chi connectivity index (χ3n) is 2.98. The van der Waals surface area contributed by atoms with E-state index < -0.39 is 6.10 Å². The molecule has 5 heteroatoms. The summed E-state index contributed by atoms with van der Waals surface area (Å²) in [5.74, 6) is 0.779. The molecule has 0 spiro atoms. The van der Waals surface area contributed by atoms with Gasteiger partial charge >= 0.3 is 5.97 Å². The van der Waals surface area contributed by atoms with E-state index in [1.165, 1.54) is 6.92 Å². The Morgan fingerprint density at radius 3 is 2.43 bits per heavy atom. The number of para-hydroxylation sites is 1. The minimum atomic E-state index is -0.572. The zero-order chi connectivity index (χ0) is 15.2. The van der Waals surface area contributed by atoms with Crippen LogP contribution in [0.2, 0.25) is 0 Å². The van der Waals surface area contributed by atoms with Gasteiger partial charge in [0.2, 0.25) is 5.88 Å². The number of nitrogens with zero attached hydrogens (tertiary/aromatic N) is 1. The molecule has 0 aliphatic carbocycles. The van der Waals surface area contributed by atoms with Gasteiger partial charge in [0, 0.05) is 30.3 Å². The van der Waals surface area contributed by atoms with Crippen molar-refractivity contribution in [2.24, 2.45) is 0 Å². The summed E-state index contributed by atoms with van der Waals surface area (Å²) < 4.78 is 15.8. The van der Waals surface area contributed by atoms with Crippen LogP contribution in [0.15, 0.2) is 42.6 Å². The zero-order valence-corrected chi connectivity index (χ0v) is 12.2. The molecule has 1 aromatic carbocycles. The molecule has 0 amide bonds. The predicted molar refractivity (Wildman–Crippen MR) is 77.4 cm³/mol. The number of hydrogen-bond acceptors (Lipinski definition) is 5. The van der Waals surface area contributed by atoms with E-state index in [0.717, 1.165) is 11.1 Å². The molecule has 0 radical (unpaired) electrons. The number of carbonyl (C=O) groups excluding carboxylic acids is 1. The second-order valence-electron chi connectivity index (χ2n) is 4.37. The Morgan fingerprint density at radius 1 is 1.10 bits per heavy atom. The van der Waals surface area contributed by atoms with E-state index in [2.05, 4.69) is 4.98 Å². The molecule has 0 saturated carbocycles. The molecule has 0 N–H and O–H groups in total. The first-order chi connectivity index (χ1) is 10.2. The van der Waals surface area contributed by atoms with Crippen molar-refractivity contribution >= 4 is 5.97 Å². The summed E-state index contributed by atoms with van der Waals surface area (Å²) >= 11 is 0. The highest BCUT2D eigenvalue weighted by Crippen LogP contribution is 2.33. The summed E-state index contributed by atoms with van der Waals surface area (Å²) in [6, 6.07) is 10.9. The molecular weight excluding hydrogens is 270 g/mol. The van der Waals surface area contributed by atoms with Crippen molar-refractivity contribution < 1.29 is 19.0 Å². The third-order valence-corrected chi connectivity index (χ3v) is 2.98. The zero-order valence-electron chi connectivity index (χ0n) is 12.2. The van der Waals surface area contributed by atoms with Crippen molar-refractivity contribution in [3.63, 3.8) is 0 Å². The van der Waals surface area contributed by atoms with E-state index in [9.17, 15) is 4.79 Å². The molecule has 2 aromatic rings. The van der Waals surface area contributed by atoms with Gasteiger partial charge in [0.05, 0.1) is 14.2 Å². The van der Waals surface area contributed by atoms with Crippen LogP contribution in [0.1, 0.15) is 24.2 Å². The molecular formula is C16H17NO4. The second-order valence-corrected chi connectivity index (χ2v) is 4.37. The normalized spacial score (nSPS) is 11.6. The lowest BCUT2D eigenvalue weighted by Gasteiger charge is -2.20. The first-order valence-electron chi connectivity index (χ1n) is 6.45. The summed E-state index contributed by atoms with van der Waals surface area (Å²) in [5, 5.41) is 0. The van der Waals surface area contributed by atoms with Gasteiger partial charge in [0.25, 0.3) is 0 Å². The number of methoxy groups -OCH3 is 2. The fraction of sp³-hybridized carbons (Fsp3) is 0.250. The highest BCUT2D eigenvalue weighted by Gasteiger charge is 2.21. The highest BCUT2D eigenvalue weighted by atomic mass is 16.5. The van der Waals surface area contributed by atoms with Crippen molar-refractivity contribution in [1.82, 2.24) is 4.98 Å². The van der Waals surface area contributed by atoms with Gasteiger partial charge in [-0.1, -0.05) is 18.2 Å². The minimum Gasteiger partial charge on any atom is -0.496 e. The van der Waals surface area contributed by atoms with Crippen LogP contribution < -0.4 is 9.47 Å². The Hall–Kier alpha value is -2.56. The number of rotatable bonds is 5. The summed E-state index contributed by atoms with van der Waals surface area (Å²) in [4.78, 5) is 15.6. The Labute approximate surface area is 123 Å². The molecule has 1 atom stereocenters. The maximum Gasteiger partial charge on any atom is 0.303 e. The van der Waals surface area contributed by atoms with Gasteiger partial charge in [-0.3, -0.25) is 4.79 Å². The number of aromatic nitrogens is 1. The molecule has 0 aliphatic heterocycles. The van der Waals surface area contributed by atoms with Crippen LogP contribution in [-0.4, -0.2) is 25.2 Å². The van der Waals surface area contributed by atoms with Gasteiger partial charge in [-0.2, -0.15) is 0 Å². The standard InChI is InChI=1S/C16H17NO4/c1-11(18)21-16(12-8-9-15(20-3)17-10-12)13-6-4-5-7-14(13)19-2/h4-10,16H,1-3H3. The monoisotopic (exact) mass is 287 g/mol. The van der Waals surface area contributed by atoms with Gasteiger partial charge in [-0.15, -0.1) is 0 Å². The quantitative estimate of drug-likeness (QED) is 0.791. The molecule has 1 heterocycles. The van der Waals surface area contributed by atoms with Gasteiger partial charge in [0.15, 0.2) is 6.10 Å². The SMILES string of the molecule is COc1ccc(C(OC(C)=O)c2ccccc2OC)cn1. The predicted octanol–water partition coefficient (Wildman–Crippen LogP) is 2.75. The summed E-state index contributed by atoms with van der Waals surface area (Å²) in [6.07, 6.45) is 1.05. The maximum absolute atomic E-state index is 11.4. The Morgan fingerprint density at radius 2 is 1.86 bits per heavy atom. The van der Waals surface area contributed by atoms with Crippen LogP contribution in [0.5, 0.6) is 11.6 Å². The van der Waals surface area contributed by atoms with E-state index in [1.807, 2.05) is 30.3 Å². The fourth-order valence-corrected chi connectivity index (χ4v) is 2.03. The minimum absolute atomic E-state index is 0.373. The molecule has 0 fully saturated rings. The first kappa shape index (κ1) is 14.8. The second kappa shape index (κ2) is 6.74. The fourth-order valence-electron chi connectivity index (χ4n) is 2.03. The number of ether oxygens (including phenoxy) is 3. The van der Waals surface area contributed by atoms with Crippen LogP contribution in [0.3, 0.4) is 0 Å². The van der Waals surface area contributed by atoms with E-state index >= 15 is 0 Å². The van der Waals surface area contributed by atoms with E-state index in [-0.39, 0.29) is 5.97 Å². The van der Waals surface area contributed by atoms with Crippen molar-refractivity contribution in [2.45, 2.75) is 13.0 Å². The van der Waals surface area contributed by atoms with Gasteiger partial charge in [0.1, 0.15) is 5.75 Å². The maximum atomic E-state index is 11.4. The van der Waals surface area contributed by atoms with Crippen molar-refractivity contribution in [2.75, 3.05) is 14.2 Å². The van der Waals surface area contributed by atoms with Crippen molar-refractivity contribution in [3.8, 4) is 11.6 Å². The van der Waals surface area contributed by atoms with Crippen LogP contribution in [-0.2, 0) is 9.53 Å². The average molecular weight is 287 g/mol. The molecule has 5 nitrogen and oxygen atoms in total. The van der Waals surface area contributed by atoms with Crippen LogP contribution >= 0.6 is 0 Å². The highest BCUT2D eigenvalue weighted by molar-refractivity contribution is 5.67. The Kier molecular flexibility index (Phi) is 4.77. The molecule has 1 unspecified atom stereocenters. The van der Waals surface area contributed by atoms with Crippen molar-refractivity contribution in [1.29, 1.82) is 0 Å². The van der Waals surface area contributed by atoms with Gasteiger partial charge in [-0.05, 0) is 12.1 Å². The van der Waals surface area contributed by atoms with E-state index in [4.69, 9.17) is 14.2 Å². The largest absolute Gasteiger partial charge is 0.496 e. The summed E-state index contributed by atoms with van der Waals surface area (Å²) in [7, 11) is 3.13. The lowest BCUT2D eigenvalue weighted by molar-refractivity contribution is -0.144. The molecule has 0 saturated heterocycles. The van der Waals surface area contributed by atoms with Crippen molar-refractivity contribution in [3.05, 3.63) is 53.7 Å². The molecule has 2 rings (SSSR count). The lowest BCUT2D eigenvalue weighted by atomic mass is 10.0. The smallest absolute Gasteiger partial charge is 0.303 e. The number of hydrogen-bond donors (Lipinski definition) is 0. The summed E-state index contributed by atoms with van der Waals surface area (Å²) in [6.45, 7) is 1.37. The number of pyridine rings is 1. The molecule has 0 bridgehead atoms. The van der Waals surface area contributed by atoms with Crippen LogP contribution in [0.4, 0.5) is 0 Å².